The molecule has 4 aromatic carbocycles. The smallest absolute Gasteiger partial charge is 0.153 e. The Morgan fingerprint density at radius 3 is 1.73 bits per heavy atom. The Morgan fingerprint density at radius 1 is 0.661 bits per heavy atom. The van der Waals surface area contributed by atoms with Crippen molar-refractivity contribution in [1.29, 1.82) is 0 Å². The number of aldehydes is 1. The number of carbonyl (C=O) groups excluding carboxylic acids is 1. The van der Waals surface area contributed by atoms with Gasteiger partial charge in [-0.05, 0) is 79.6 Å². The number of phenols is 2. The fourth-order valence-electron chi connectivity index (χ4n) is 5.51. The summed E-state index contributed by atoms with van der Waals surface area (Å²) in [5.41, 5.74) is 8.79. The number of hydrogen-bond donors (Lipinski definition) is 4. The lowest BCUT2D eigenvalue weighted by Gasteiger charge is -2.24. The van der Waals surface area contributed by atoms with E-state index in [0.29, 0.717) is 76.9 Å². The van der Waals surface area contributed by atoms with E-state index in [4.69, 9.17) is 52.1 Å². The normalized spacial score (nSPS) is 10.9. The average molecular weight is 875 g/mol. The third-order valence-electron chi connectivity index (χ3n) is 8.51. The number of hydrogen-bond acceptors (Lipinski definition) is 9. The zero-order chi connectivity index (χ0) is 42.6. The van der Waals surface area contributed by atoms with Crippen molar-refractivity contribution in [1.82, 2.24) is 19.9 Å². The van der Waals surface area contributed by atoms with Crippen LogP contribution in [0.2, 0.25) is 20.1 Å². The van der Waals surface area contributed by atoms with Gasteiger partial charge in [-0.2, -0.15) is 0 Å². The molecule has 8 rings (SSSR count). The number of aryl methyl sites for hydroxylation is 2. The Labute approximate surface area is 358 Å². The maximum atomic E-state index is 13.7. The van der Waals surface area contributed by atoms with Crippen LogP contribution in [-0.2, 0) is 0 Å². The largest absolute Gasteiger partial charge is 0.506 e. The Kier molecular flexibility index (Phi) is 15.3. The Bertz CT molecular complexity index is 2700. The molecule has 8 aromatic rings. The zero-order valence-electron chi connectivity index (χ0n) is 31.2. The molecule has 5 N–H and O–H groups in total. The number of pyridine rings is 4. The summed E-state index contributed by atoms with van der Waals surface area (Å²) >= 11 is 24.2. The van der Waals surface area contributed by atoms with E-state index < -0.39 is 11.9 Å². The number of benzene rings is 4. The lowest BCUT2D eigenvalue weighted by Crippen LogP contribution is -2.15. The summed E-state index contributed by atoms with van der Waals surface area (Å²) in [4.78, 5) is 26.3. The molecular formula is C44H34Cl4F2N6O3. The number of aromatic nitrogens is 4. The third kappa shape index (κ3) is 11.3. The number of para-hydroxylation sites is 1. The molecule has 15 heteroatoms. The second-order valence-electron chi connectivity index (χ2n) is 12.6. The predicted octanol–water partition coefficient (Wildman–Crippen LogP) is 12.1. The van der Waals surface area contributed by atoms with E-state index in [0.717, 1.165) is 23.2 Å². The van der Waals surface area contributed by atoms with E-state index in [-0.39, 0.29) is 17.3 Å². The van der Waals surface area contributed by atoms with Crippen molar-refractivity contribution >= 4 is 86.1 Å². The maximum Gasteiger partial charge on any atom is 0.153 e. The predicted molar refractivity (Wildman–Crippen MR) is 233 cm³/mol. The van der Waals surface area contributed by atoms with Gasteiger partial charge in [-0.1, -0.05) is 94.9 Å². The third-order valence-corrected chi connectivity index (χ3v) is 9.83. The highest BCUT2D eigenvalue weighted by molar-refractivity contribution is 6.38. The van der Waals surface area contributed by atoms with E-state index in [1.807, 2.05) is 30.3 Å². The summed E-state index contributed by atoms with van der Waals surface area (Å²) in [5, 5.41) is 26.9. The van der Waals surface area contributed by atoms with Crippen LogP contribution in [0.1, 0.15) is 38.7 Å². The molecular weight excluding hydrogens is 840 g/mol. The van der Waals surface area contributed by atoms with Crippen LogP contribution in [-0.4, -0.2) is 36.4 Å². The molecule has 0 saturated heterocycles. The van der Waals surface area contributed by atoms with Gasteiger partial charge in [0.05, 0.1) is 34.0 Å². The lowest BCUT2D eigenvalue weighted by molar-refractivity contribution is 0.112. The van der Waals surface area contributed by atoms with E-state index in [9.17, 15) is 23.8 Å². The zero-order valence-corrected chi connectivity index (χ0v) is 34.2. The van der Waals surface area contributed by atoms with Crippen LogP contribution in [0, 0.1) is 25.5 Å². The molecule has 59 heavy (non-hydrogen) atoms. The van der Waals surface area contributed by atoms with Crippen LogP contribution in [0.5, 0.6) is 11.5 Å². The lowest BCUT2D eigenvalue weighted by atomic mass is 9.96. The molecule has 300 valence electrons. The molecule has 0 aliphatic heterocycles. The minimum absolute atomic E-state index is 0.00965. The number of rotatable bonds is 5. The molecule has 0 fully saturated rings. The molecule has 4 heterocycles. The summed E-state index contributed by atoms with van der Waals surface area (Å²) in [7, 11) is 0. The summed E-state index contributed by atoms with van der Waals surface area (Å²) in [5.74, 6) is 0.308. The van der Waals surface area contributed by atoms with Gasteiger partial charge < -0.3 is 21.3 Å². The first-order valence-electron chi connectivity index (χ1n) is 17.5. The van der Waals surface area contributed by atoms with Crippen LogP contribution in [0.25, 0.3) is 21.8 Å². The molecule has 0 amide bonds. The molecule has 1 atom stereocenters. The Hall–Kier alpha value is -6.11. The minimum atomic E-state index is -0.639. The topological polar surface area (TPSA) is 147 Å². The number of halogens is 6. The monoisotopic (exact) mass is 872 g/mol. The summed E-state index contributed by atoms with van der Waals surface area (Å²) in [6, 6.07) is 29.0. The average Bonchev–Trinajstić information content (AvgIpc) is 3.22. The number of carbonyl (C=O) groups is 1. The first kappa shape index (κ1) is 44.0. The van der Waals surface area contributed by atoms with Gasteiger partial charge in [-0.25, -0.2) is 18.7 Å². The van der Waals surface area contributed by atoms with E-state index in [2.05, 4.69) is 25.3 Å². The molecule has 0 spiro atoms. The van der Waals surface area contributed by atoms with Crippen molar-refractivity contribution in [2.24, 2.45) is 0 Å². The number of nitrogens with two attached hydrogens (primary N) is 1. The van der Waals surface area contributed by atoms with Gasteiger partial charge in [0.25, 0.3) is 0 Å². The number of anilines is 2. The standard InChI is InChI=1S/C22H16Cl2FN3O.C9H7NO.C7H4Cl2O.C6H7FN2/c1-12-10-18(27-11-17(12)25)28-21(19-15(23)5-2-6-16(19)24)14-8-7-13-4-3-9-26-20(13)22(14)29;11-8-5-1-3-7-4-2-6-10-9(7)8;8-6-2-1-3-7(9)5(6)4-10;1-4-2-6(8)9-3-5(4)7/h2-11,21,29H,1H3,(H,27,28);1-6,11H;1-4H;2-3H,1H3,(H2,8,9). The number of fused-ring (bicyclic) bond motifs is 2. The summed E-state index contributed by atoms with van der Waals surface area (Å²) in [6.45, 7) is 3.30. The number of nitrogens with zero attached hydrogens (tertiary/aromatic N) is 4. The van der Waals surface area contributed by atoms with Crippen molar-refractivity contribution in [2.45, 2.75) is 19.9 Å². The second-order valence-corrected chi connectivity index (χ2v) is 14.2. The van der Waals surface area contributed by atoms with Gasteiger partial charge in [0, 0.05) is 44.3 Å². The fourth-order valence-corrected chi connectivity index (χ4v) is 6.61. The minimum Gasteiger partial charge on any atom is -0.506 e. The van der Waals surface area contributed by atoms with Crippen LogP contribution < -0.4 is 11.1 Å². The molecule has 0 aliphatic carbocycles. The van der Waals surface area contributed by atoms with Gasteiger partial charge >= 0.3 is 0 Å². The van der Waals surface area contributed by atoms with Crippen molar-refractivity contribution in [2.75, 3.05) is 11.1 Å². The first-order chi connectivity index (χ1) is 28.3. The highest BCUT2D eigenvalue weighted by Gasteiger charge is 2.25. The first-order valence-corrected chi connectivity index (χ1v) is 19.0. The molecule has 1 unspecified atom stereocenters. The van der Waals surface area contributed by atoms with Crippen LogP contribution in [0.3, 0.4) is 0 Å². The molecule has 0 bridgehead atoms. The van der Waals surface area contributed by atoms with Crippen LogP contribution in [0.15, 0.2) is 128 Å². The highest BCUT2D eigenvalue weighted by atomic mass is 35.5. The number of nitrogen functional groups attached to an aromatic ring is 1. The SMILES string of the molecule is Cc1cc(N)ncc1F.Cc1cc(NC(c2ccc3cccnc3c2O)c2c(Cl)cccc2Cl)ncc1F.O=Cc1c(Cl)cccc1Cl.Oc1cccc2cccnc12. The van der Waals surface area contributed by atoms with Crippen molar-refractivity contribution in [3.8, 4) is 11.5 Å². The van der Waals surface area contributed by atoms with Gasteiger partial charge in [0.15, 0.2) is 6.29 Å². The van der Waals surface area contributed by atoms with Gasteiger partial charge in [0.1, 0.15) is 45.8 Å². The Morgan fingerprint density at radius 2 is 1.19 bits per heavy atom. The molecule has 4 aromatic heterocycles. The quantitative estimate of drug-likeness (QED) is 0.124. The molecule has 9 nitrogen and oxygen atoms in total. The summed E-state index contributed by atoms with van der Waals surface area (Å²) < 4.78 is 26.0. The number of aromatic hydroxyl groups is 2. The van der Waals surface area contributed by atoms with E-state index >= 15 is 0 Å². The van der Waals surface area contributed by atoms with E-state index in [1.54, 1.807) is 93.0 Å². The number of nitrogens with one attached hydrogen (secondary N) is 1. The van der Waals surface area contributed by atoms with Gasteiger partial charge in [-0.15, -0.1) is 0 Å². The molecule has 0 radical (unpaired) electrons. The van der Waals surface area contributed by atoms with Gasteiger partial charge in [0.2, 0.25) is 0 Å². The van der Waals surface area contributed by atoms with Crippen molar-refractivity contribution < 1.29 is 23.8 Å². The molecule has 0 saturated carbocycles. The maximum absolute atomic E-state index is 13.7. The number of phenolic OH excluding ortho intramolecular Hbond substituents is 2. The van der Waals surface area contributed by atoms with Crippen LogP contribution in [0.4, 0.5) is 20.4 Å². The second kappa shape index (κ2) is 20.5. The van der Waals surface area contributed by atoms with Gasteiger partial charge in [-0.3, -0.25) is 14.8 Å². The fraction of sp³-hybridized carbons (Fsp3) is 0.0682. The molecule has 0 aliphatic rings. The van der Waals surface area contributed by atoms with E-state index in [1.165, 1.54) is 6.07 Å². The highest BCUT2D eigenvalue weighted by Crippen LogP contribution is 2.41. The van der Waals surface area contributed by atoms with Crippen LogP contribution >= 0.6 is 46.4 Å². The van der Waals surface area contributed by atoms with Crippen molar-refractivity contribution in [3.63, 3.8) is 0 Å². The van der Waals surface area contributed by atoms with Crippen molar-refractivity contribution in [3.05, 3.63) is 187 Å². The Balaban J connectivity index is 0.000000179. The summed E-state index contributed by atoms with van der Waals surface area (Å²) in [6.07, 6.45) is 6.18.